The van der Waals surface area contributed by atoms with Crippen molar-refractivity contribution in [3.8, 4) is 11.8 Å². The zero-order valence-corrected chi connectivity index (χ0v) is 15.0. The van der Waals surface area contributed by atoms with Gasteiger partial charge in [-0.05, 0) is 23.3 Å². The molecule has 0 N–H and O–H groups in total. The third-order valence-corrected chi connectivity index (χ3v) is 5.22. The Morgan fingerprint density at radius 3 is 2.31 bits per heavy atom. The Kier molecular flexibility index (Phi) is 4.68. The van der Waals surface area contributed by atoms with Gasteiger partial charge in [-0.25, -0.2) is 0 Å². The first kappa shape index (κ1) is 16.4. The highest BCUT2D eigenvalue weighted by molar-refractivity contribution is 7.19. The van der Waals surface area contributed by atoms with Crippen LogP contribution >= 0.6 is 11.3 Å². The monoisotopic (exact) mass is 355 g/mol. The standard InChI is InChI=1S/C23H17NOS/c25-23-21-16-20(13-7-12-18-8-3-1-4-9-18)26-22(21)14-15-24(23)17-19-10-5-2-6-11-19/h1-6,8-11,14-16H,12,17H2. The first-order valence-electron chi connectivity index (χ1n) is 8.49. The lowest BCUT2D eigenvalue weighted by Crippen LogP contribution is -2.19. The van der Waals surface area contributed by atoms with Gasteiger partial charge in [0.25, 0.3) is 5.56 Å². The van der Waals surface area contributed by atoms with Crippen molar-refractivity contribution in [2.75, 3.05) is 0 Å². The summed E-state index contributed by atoms with van der Waals surface area (Å²) in [6.07, 6.45) is 2.59. The second kappa shape index (κ2) is 7.43. The molecule has 0 bridgehead atoms. The second-order valence-electron chi connectivity index (χ2n) is 6.09. The quantitative estimate of drug-likeness (QED) is 0.488. The summed E-state index contributed by atoms with van der Waals surface area (Å²) in [4.78, 5) is 13.7. The minimum atomic E-state index is 0.0405. The highest BCUT2D eigenvalue weighted by Crippen LogP contribution is 2.22. The number of aromatic nitrogens is 1. The Morgan fingerprint density at radius 1 is 0.885 bits per heavy atom. The third kappa shape index (κ3) is 3.61. The molecule has 26 heavy (non-hydrogen) atoms. The maximum Gasteiger partial charge on any atom is 0.259 e. The van der Waals surface area contributed by atoms with Gasteiger partial charge in [-0.3, -0.25) is 4.79 Å². The molecule has 4 aromatic rings. The second-order valence-corrected chi connectivity index (χ2v) is 7.17. The smallest absolute Gasteiger partial charge is 0.259 e. The van der Waals surface area contributed by atoms with Crippen molar-refractivity contribution < 1.29 is 0 Å². The van der Waals surface area contributed by atoms with E-state index >= 15 is 0 Å². The molecule has 0 saturated heterocycles. The number of thiophene rings is 1. The first-order chi connectivity index (χ1) is 12.8. The molecule has 0 amide bonds. The number of fused-ring (bicyclic) bond motifs is 1. The molecule has 0 unspecified atom stereocenters. The van der Waals surface area contributed by atoms with E-state index in [0.717, 1.165) is 20.5 Å². The van der Waals surface area contributed by atoms with Crippen LogP contribution in [-0.4, -0.2) is 4.57 Å². The van der Waals surface area contributed by atoms with E-state index in [1.807, 2.05) is 66.9 Å². The maximum atomic E-state index is 12.8. The van der Waals surface area contributed by atoms with Crippen LogP contribution in [0.15, 0.2) is 83.8 Å². The lowest BCUT2D eigenvalue weighted by Gasteiger charge is -2.05. The van der Waals surface area contributed by atoms with Crippen molar-refractivity contribution >= 4 is 21.4 Å². The van der Waals surface area contributed by atoms with Gasteiger partial charge in [0.05, 0.1) is 16.8 Å². The fourth-order valence-electron chi connectivity index (χ4n) is 2.87. The summed E-state index contributed by atoms with van der Waals surface area (Å²) >= 11 is 1.57. The average Bonchev–Trinajstić information content (AvgIpc) is 3.10. The SMILES string of the molecule is O=c1c2cc(C#CCc3ccccc3)sc2ccn1Cc1ccccc1. The number of pyridine rings is 1. The van der Waals surface area contributed by atoms with Gasteiger partial charge in [-0.1, -0.05) is 72.5 Å². The molecule has 0 aliphatic rings. The fourth-order valence-corrected chi connectivity index (χ4v) is 3.79. The molecule has 0 saturated carbocycles. The lowest BCUT2D eigenvalue weighted by atomic mass is 10.1. The normalized spacial score (nSPS) is 10.5. The molecule has 0 aliphatic heterocycles. The highest BCUT2D eigenvalue weighted by Gasteiger charge is 2.07. The van der Waals surface area contributed by atoms with Gasteiger partial charge >= 0.3 is 0 Å². The Morgan fingerprint density at radius 2 is 1.58 bits per heavy atom. The number of nitrogens with zero attached hydrogens (tertiary/aromatic N) is 1. The van der Waals surface area contributed by atoms with Crippen molar-refractivity contribution in [2.24, 2.45) is 0 Å². The van der Waals surface area contributed by atoms with Crippen LogP contribution in [0, 0.1) is 11.8 Å². The molecule has 3 heteroatoms. The maximum absolute atomic E-state index is 12.8. The van der Waals surface area contributed by atoms with E-state index in [4.69, 9.17) is 0 Å². The lowest BCUT2D eigenvalue weighted by molar-refractivity contribution is 0.768. The summed E-state index contributed by atoms with van der Waals surface area (Å²) in [6, 6.07) is 24.1. The topological polar surface area (TPSA) is 22.0 Å². The number of hydrogen-bond donors (Lipinski definition) is 0. The van der Waals surface area contributed by atoms with E-state index in [0.29, 0.717) is 13.0 Å². The molecule has 126 valence electrons. The molecule has 0 atom stereocenters. The van der Waals surface area contributed by atoms with Crippen molar-refractivity contribution in [3.05, 3.63) is 105 Å². The third-order valence-electron chi connectivity index (χ3n) is 4.20. The van der Waals surface area contributed by atoms with Crippen LogP contribution in [0.5, 0.6) is 0 Å². The Balaban J connectivity index is 1.60. The largest absolute Gasteiger partial charge is 0.311 e. The van der Waals surface area contributed by atoms with Crippen molar-refractivity contribution in [2.45, 2.75) is 13.0 Å². The summed E-state index contributed by atoms with van der Waals surface area (Å²) in [5, 5.41) is 0.748. The zero-order valence-electron chi connectivity index (χ0n) is 14.2. The van der Waals surface area contributed by atoms with E-state index in [2.05, 4.69) is 24.0 Å². The molecule has 0 spiro atoms. The van der Waals surface area contributed by atoms with Crippen LogP contribution < -0.4 is 5.56 Å². The molecule has 2 aromatic carbocycles. The first-order valence-corrected chi connectivity index (χ1v) is 9.31. The minimum Gasteiger partial charge on any atom is -0.311 e. The minimum absolute atomic E-state index is 0.0405. The summed E-state index contributed by atoms with van der Waals surface area (Å²) in [7, 11) is 0. The average molecular weight is 355 g/mol. The van der Waals surface area contributed by atoms with E-state index in [1.54, 1.807) is 15.9 Å². The van der Waals surface area contributed by atoms with Crippen LogP contribution in [0.3, 0.4) is 0 Å². The van der Waals surface area contributed by atoms with Gasteiger partial charge in [-0.15, -0.1) is 11.3 Å². The Hall–Kier alpha value is -3.09. The zero-order chi connectivity index (χ0) is 17.8. The van der Waals surface area contributed by atoms with E-state index in [-0.39, 0.29) is 5.56 Å². The van der Waals surface area contributed by atoms with Gasteiger partial charge in [0.15, 0.2) is 0 Å². The van der Waals surface area contributed by atoms with Crippen molar-refractivity contribution in [1.82, 2.24) is 4.57 Å². The molecule has 4 rings (SSSR count). The Labute approximate surface area is 156 Å². The van der Waals surface area contributed by atoms with Crippen LogP contribution in [0.2, 0.25) is 0 Å². The van der Waals surface area contributed by atoms with Gasteiger partial charge in [0.2, 0.25) is 0 Å². The predicted molar refractivity (Wildman–Crippen MR) is 109 cm³/mol. The van der Waals surface area contributed by atoms with Crippen LogP contribution in [-0.2, 0) is 13.0 Å². The molecule has 0 aliphatic carbocycles. The van der Waals surface area contributed by atoms with Gasteiger partial charge in [0, 0.05) is 17.3 Å². The predicted octanol–water partition coefficient (Wildman–Crippen LogP) is 4.71. The van der Waals surface area contributed by atoms with Gasteiger partial charge in [0.1, 0.15) is 0 Å². The Bertz CT molecular complexity index is 1150. The molecule has 0 radical (unpaired) electrons. The summed E-state index contributed by atoms with van der Waals surface area (Å²) in [5.74, 6) is 6.40. The highest BCUT2D eigenvalue weighted by atomic mass is 32.1. The molecule has 2 heterocycles. The van der Waals surface area contributed by atoms with Crippen molar-refractivity contribution in [3.63, 3.8) is 0 Å². The van der Waals surface area contributed by atoms with Crippen LogP contribution in [0.1, 0.15) is 16.0 Å². The van der Waals surface area contributed by atoms with Crippen LogP contribution in [0.4, 0.5) is 0 Å². The molecular weight excluding hydrogens is 338 g/mol. The summed E-state index contributed by atoms with van der Waals surface area (Å²) in [5.41, 5.74) is 2.36. The van der Waals surface area contributed by atoms with E-state index in [9.17, 15) is 4.79 Å². The number of hydrogen-bond acceptors (Lipinski definition) is 2. The van der Waals surface area contributed by atoms with Crippen LogP contribution in [0.25, 0.3) is 10.1 Å². The molecule has 0 fully saturated rings. The van der Waals surface area contributed by atoms with E-state index < -0.39 is 0 Å². The van der Waals surface area contributed by atoms with Crippen molar-refractivity contribution in [1.29, 1.82) is 0 Å². The van der Waals surface area contributed by atoms with Gasteiger partial charge in [-0.2, -0.15) is 0 Å². The summed E-state index contributed by atoms with van der Waals surface area (Å²) in [6.45, 7) is 0.584. The molecule has 2 aromatic heterocycles. The van der Waals surface area contributed by atoms with Gasteiger partial charge < -0.3 is 4.57 Å². The fraction of sp³-hybridized carbons (Fsp3) is 0.0870. The molecular formula is C23H17NOS. The molecule has 2 nitrogen and oxygen atoms in total. The van der Waals surface area contributed by atoms with E-state index in [1.165, 1.54) is 5.56 Å². The summed E-state index contributed by atoms with van der Waals surface area (Å²) < 4.78 is 2.74. The number of benzene rings is 2. The number of rotatable bonds is 3.